The topological polar surface area (TPSA) is 50.5 Å². The summed E-state index contributed by atoms with van der Waals surface area (Å²) in [6.07, 6.45) is 2.54. The van der Waals surface area contributed by atoms with Gasteiger partial charge in [0.05, 0.1) is 6.61 Å². The number of likely N-dealkylation sites (tertiary alicyclic amines) is 1. The van der Waals surface area contributed by atoms with Crippen molar-refractivity contribution >= 4 is 11.4 Å². The Bertz CT molecular complexity index is 400. The van der Waals surface area contributed by atoms with Crippen molar-refractivity contribution < 1.29 is 4.74 Å². The number of piperidine rings is 1. The Morgan fingerprint density at radius 2 is 2.05 bits per heavy atom. The van der Waals surface area contributed by atoms with Crippen molar-refractivity contribution in [3.05, 3.63) is 18.2 Å². The molecule has 1 heterocycles. The summed E-state index contributed by atoms with van der Waals surface area (Å²) in [5.74, 6) is 1.60. The second-order valence-corrected chi connectivity index (χ2v) is 5.35. The van der Waals surface area contributed by atoms with Crippen molar-refractivity contribution in [2.75, 3.05) is 44.3 Å². The summed E-state index contributed by atoms with van der Waals surface area (Å²) >= 11 is 0. The average molecular weight is 263 g/mol. The zero-order valence-corrected chi connectivity index (χ0v) is 12.0. The molecule has 0 unspecified atom stereocenters. The first kappa shape index (κ1) is 14.0. The number of ether oxygens (including phenoxy) is 1. The molecule has 0 spiro atoms. The van der Waals surface area contributed by atoms with Crippen molar-refractivity contribution in [1.29, 1.82) is 0 Å². The van der Waals surface area contributed by atoms with E-state index in [0.717, 1.165) is 29.6 Å². The van der Waals surface area contributed by atoms with E-state index in [0.29, 0.717) is 6.61 Å². The molecule has 0 amide bonds. The molecule has 106 valence electrons. The van der Waals surface area contributed by atoms with Crippen LogP contribution < -0.4 is 15.8 Å². The lowest BCUT2D eigenvalue weighted by Crippen LogP contribution is -2.32. The standard InChI is InChI=1S/C15H25N3O/c1-3-19-15-9-13(16)8-14(10-15)17-11-12-4-6-18(2)7-5-12/h8-10,12,17H,3-7,11,16H2,1-2H3. The summed E-state index contributed by atoms with van der Waals surface area (Å²) < 4.78 is 5.51. The first-order chi connectivity index (χ1) is 9.17. The van der Waals surface area contributed by atoms with E-state index in [1.165, 1.54) is 25.9 Å². The van der Waals surface area contributed by atoms with E-state index in [1.807, 2.05) is 25.1 Å². The van der Waals surface area contributed by atoms with Crippen molar-refractivity contribution in [3.8, 4) is 5.75 Å². The average Bonchev–Trinajstić information content (AvgIpc) is 2.38. The predicted octanol–water partition coefficient (Wildman–Crippen LogP) is 2.42. The summed E-state index contributed by atoms with van der Waals surface area (Å²) in [6.45, 7) is 6.07. The van der Waals surface area contributed by atoms with Gasteiger partial charge in [-0.3, -0.25) is 0 Å². The number of nitrogen functional groups attached to an aromatic ring is 1. The summed E-state index contributed by atoms with van der Waals surface area (Å²) in [5.41, 5.74) is 7.69. The van der Waals surface area contributed by atoms with Crippen LogP contribution in [0, 0.1) is 5.92 Å². The zero-order valence-electron chi connectivity index (χ0n) is 12.0. The van der Waals surface area contributed by atoms with Gasteiger partial charge >= 0.3 is 0 Å². The van der Waals surface area contributed by atoms with Gasteiger partial charge in [-0.1, -0.05) is 0 Å². The van der Waals surface area contributed by atoms with Gasteiger partial charge in [0.1, 0.15) is 5.75 Å². The highest BCUT2D eigenvalue weighted by Crippen LogP contribution is 2.24. The van der Waals surface area contributed by atoms with E-state index in [1.54, 1.807) is 0 Å². The van der Waals surface area contributed by atoms with Crippen molar-refractivity contribution in [2.24, 2.45) is 5.92 Å². The minimum Gasteiger partial charge on any atom is -0.494 e. The number of nitrogens with zero attached hydrogens (tertiary/aromatic N) is 1. The van der Waals surface area contributed by atoms with Gasteiger partial charge in [-0.25, -0.2) is 0 Å². The number of rotatable bonds is 5. The molecule has 0 radical (unpaired) electrons. The maximum absolute atomic E-state index is 5.89. The van der Waals surface area contributed by atoms with Crippen LogP contribution in [0.15, 0.2) is 18.2 Å². The van der Waals surface area contributed by atoms with Crippen LogP contribution >= 0.6 is 0 Å². The number of nitrogens with one attached hydrogen (secondary N) is 1. The normalized spacial score (nSPS) is 17.4. The second kappa shape index (κ2) is 6.66. The minimum atomic E-state index is 0.665. The molecule has 0 saturated carbocycles. The zero-order chi connectivity index (χ0) is 13.7. The smallest absolute Gasteiger partial charge is 0.123 e. The molecular formula is C15H25N3O. The third-order valence-corrected chi connectivity index (χ3v) is 3.67. The van der Waals surface area contributed by atoms with Crippen LogP contribution in [0.3, 0.4) is 0 Å². The largest absolute Gasteiger partial charge is 0.494 e. The molecular weight excluding hydrogens is 238 g/mol. The monoisotopic (exact) mass is 263 g/mol. The lowest BCUT2D eigenvalue weighted by molar-refractivity contribution is 0.226. The molecule has 19 heavy (non-hydrogen) atoms. The molecule has 1 aromatic rings. The Balaban J connectivity index is 1.88. The number of nitrogens with two attached hydrogens (primary N) is 1. The Labute approximate surface area is 115 Å². The molecule has 4 heteroatoms. The fraction of sp³-hybridized carbons (Fsp3) is 0.600. The van der Waals surface area contributed by atoms with Gasteiger partial charge in [-0.05, 0) is 51.9 Å². The number of hydrogen-bond acceptors (Lipinski definition) is 4. The lowest BCUT2D eigenvalue weighted by atomic mass is 9.97. The van der Waals surface area contributed by atoms with Crippen LogP contribution in [0.4, 0.5) is 11.4 Å². The molecule has 1 fully saturated rings. The minimum absolute atomic E-state index is 0.665. The Morgan fingerprint density at radius 3 is 2.74 bits per heavy atom. The molecule has 0 bridgehead atoms. The van der Waals surface area contributed by atoms with Gasteiger partial charge in [0.15, 0.2) is 0 Å². The van der Waals surface area contributed by atoms with Crippen LogP contribution in [-0.2, 0) is 0 Å². The predicted molar refractivity (Wildman–Crippen MR) is 80.7 cm³/mol. The quantitative estimate of drug-likeness (QED) is 0.801. The molecule has 0 atom stereocenters. The summed E-state index contributed by atoms with van der Waals surface area (Å²) in [7, 11) is 2.19. The van der Waals surface area contributed by atoms with Gasteiger partial charge in [-0.2, -0.15) is 0 Å². The van der Waals surface area contributed by atoms with Gasteiger partial charge in [0.2, 0.25) is 0 Å². The van der Waals surface area contributed by atoms with E-state index < -0.39 is 0 Å². The van der Waals surface area contributed by atoms with Crippen LogP contribution in [0.1, 0.15) is 19.8 Å². The molecule has 0 aromatic heterocycles. The highest BCUT2D eigenvalue weighted by Gasteiger charge is 2.16. The Hall–Kier alpha value is -1.42. The van der Waals surface area contributed by atoms with Crippen molar-refractivity contribution in [3.63, 3.8) is 0 Å². The van der Waals surface area contributed by atoms with Gasteiger partial charge in [-0.15, -0.1) is 0 Å². The molecule has 2 rings (SSSR count). The van der Waals surface area contributed by atoms with Crippen LogP contribution in [0.5, 0.6) is 5.75 Å². The highest BCUT2D eigenvalue weighted by molar-refractivity contribution is 5.59. The fourth-order valence-corrected chi connectivity index (χ4v) is 2.50. The lowest BCUT2D eigenvalue weighted by Gasteiger charge is -2.29. The van der Waals surface area contributed by atoms with Crippen molar-refractivity contribution in [1.82, 2.24) is 4.90 Å². The van der Waals surface area contributed by atoms with E-state index in [2.05, 4.69) is 17.3 Å². The SMILES string of the molecule is CCOc1cc(N)cc(NCC2CCN(C)CC2)c1. The van der Waals surface area contributed by atoms with Gasteiger partial charge < -0.3 is 20.7 Å². The third kappa shape index (κ3) is 4.31. The first-order valence-corrected chi connectivity index (χ1v) is 7.13. The molecule has 4 nitrogen and oxygen atoms in total. The number of hydrogen-bond donors (Lipinski definition) is 2. The number of benzene rings is 1. The van der Waals surface area contributed by atoms with E-state index >= 15 is 0 Å². The van der Waals surface area contributed by atoms with Crippen LogP contribution in [0.25, 0.3) is 0 Å². The molecule has 1 aliphatic heterocycles. The summed E-state index contributed by atoms with van der Waals surface area (Å²) in [5, 5.41) is 3.49. The molecule has 1 aliphatic rings. The van der Waals surface area contributed by atoms with Gasteiger partial charge in [0, 0.05) is 30.1 Å². The summed E-state index contributed by atoms with van der Waals surface area (Å²) in [6, 6.07) is 5.86. The maximum Gasteiger partial charge on any atom is 0.123 e. The Kier molecular flexibility index (Phi) is 4.91. The maximum atomic E-state index is 5.89. The summed E-state index contributed by atoms with van der Waals surface area (Å²) in [4.78, 5) is 2.39. The molecule has 3 N–H and O–H groups in total. The molecule has 1 aromatic carbocycles. The van der Waals surface area contributed by atoms with E-state index in [-0.39, 0.29) is 0 Å². The Morgan fingerprint density at radius 1 is 1.32 bits per heavy atom. The fourth-order valence-electron chi connectivity index (χ4n) is 2.50. The van der Waals surface area contributed by atoms with Crippen LogP contribution in [-0.4, -0.2) is 38.2 Å². The first-order valence-electron chi connectivity index (χ1n) is 7.13. The van der Waals surface area contributed by atoms with Crippen molar-refractivity contribution in [2.45, 2.75) is 19.8 Å². The highest BCUT2D eigenvalue weighted by atomic mass is 16.5. The van der Waals surface area contributed by atoms with E-state index in [4.69, 9.17) is 10.5 Å². The number of anilines is 2. The van der Waals surface area contributed by atoms with Gasteiger partial charge in [0.25, 0.3) is 0 Å². The van der Waals surface area contributed by atoms with E-state index in [9.17, 15) is 0 Å². The third-order valence-electron chi connectivity index (χ3n) is 3.67. The van der Waals surface area contributed by atoms with Crippen LogP contribution in [0.2, 0.25) is 0 Å². The molecule has 0 aliphatic carbocycles. The molecule has 1 saturated heterocycles. The second-order valence-electron chi connectivity index (χ2n) is 5.35.